The van der Waals surface area contributed by atoms with Gasteiger partial charge < -0.3 is 4.90 Å². The SMILES string of the molecule is Cc1nc(SC(C)C(=O)N(C)Cc2cccc(F)c2)nc(C)c1C. The van der Waals surface area contributed by atoms with Crippen LogP contribution in [-0.2, 0) is 11.3 Å². The van der Waals surface area contributed by atoms with E-state index in [1.807, 2.05) is 27.7 Å². The molecule has 1 aromatic heterocycles. The van der Waals surface area contributed by atoms with Crippen LogP contribution < -0.4 is 0 Å². The molecule has 1 unspecified atom stereocenters. The molecule has 0 spiro atoms. The predicted octanol–water partition coefficient (Wildman–Crippen LogP) is 3.68. The standard InChI is InChI=1S/C18H22FN3OS/c1-11-12(2)20-18(21-13(11)3)24-14(4)17(23)22(5)10-15-7-6-8-16(19)9-15/h6-9,14H,10H2,1-5H3. The zero-order valence-electron chi connectivity index (χ0n) is 14.6. The zero-order valence-corrected chi connectivity index (χ0v) is 15.4. The minimum Gasteiger partial charge on any atom is -0.340 e. The number of rotatable bonds is 5. The smallest absolute Gasteiger partial charge is 0.235 e. The number of amides is 1. The summed E-state index contributed by atoms with van der Waals surface area (Å²) in [7, 11) is 1.72. The highest BCUT2D eigenvalue weighted by Crippen LogP contribution is 2.23. The monoisotopic (exact) mass is 347 g/mol. The van der Waals surface area contributed by atoms with Gasteiger partial charge in [-0.05, 0) is 51.0 Å². The van der Waals surface area contributed by atoms with Crippen molar-refractivity contribution in [3.8, 4) is 0 Å². The fraction of sp³-hybridized carbons (Fsp3) is 0.389. The van der Waals surface area contributed by atoms with Crippen LogP contribution in [0.25, 0.3) is 0 Å². The molecule has 0 aliphatic heterocycles. The Morgan fingerprint density at radius 2 is 1.88 bits per heavy atom. The molecule has 0 N–H and O–H groups in total. The Bertz CT molecular complexity index is 728. The molecule has 1 atom stereocenters. The van der Waals surface area contributed by atoms with Gasteiger partial charge in [0, 0.05) is 25.0 Å². The lowest BCUT2D eigenvalue weighted by Gasteiger charge is -2.21. The van der Waals surface area contributed by atoms with Crippen molar-refractivity contribution in [2.45, 2.75) is 44.6 Å². The van der Waals surface area contributed by atoms with Crippen molar-refractivity contribution in [1.82, 2.24) is 14.9 Å². The number of aryl methyl sites for hydroxylation is 2. The third-order valence-electron chi connectivity index (χ3n) is 3.93. The summed E-state index contributed by atoms with van der Waals surface area (Å²) in [5, 5.41) is 0.292. The lowest BCUT2D eigenvalue weighted by Crippen LogP contribution is -2.33. The van der Waals surface area contributed by atoms with Crippen LogP contribution in [0, 0.1) is 26.6 Å². The molecule has 0 saturated carbocycles. The van der Waals surface area contributed by atoms with Gasteiger partial charge >= 0.3 is 0 Å². The van der Waals surface area contributed by atoms with Gasteiger partial charge in [0.2, 0.25) is 5.91 Å². The van der Waals surface area contributed by atoms with Crippen LogP contribution in [0.1, 0.15) is 29.4 Å². The highest BCUT2D eigenvalue weighted by Gasteiger charge is 2.20. The second-order valence-electron chi connectivity index (χ2n) is 5.89. The molecule has 128 valence electrons. The van der Waals surface area contributed by atoms with E-state index in [0.29, 0.717) is 11.7 Å². The molecule has 0 bridgehead atoms. The van der Waals surface area contributed by atoms with E-state index in [1.165, 1.54) is 23.9 Å². The van der Waals surface area contributed by atoms with Crippen LogP contribution in [0.2, 0.25) is 0 Å². The molecule has 2 rings (SSSR count). The number of carbonyl (C=O) groups is 1. The van der Waals surface area contributed by atoms with E-state index >= 15 is 0 Å². The number of aromatic nitrogens is 2. The maximum absolute atomic E-state index is 13.2. The summed E-state index contributed by atoms with van der Waals surface area (Å²) >= 11 is 1.34. The summed E-state index contributed by atoms with van der Waals surface area (Å²) in [5.74, 6) is -0.335. The van der Waals surface area contributed by atoms with Gasteiger partial charge in [0.15, 0.2) is 5.16 Å². The van der Waals surface area contributed by atoms with Crippen LogP contribution in [0.5, 0.6) is 0 Å². The van der Waals surface area contributed by atoms with Gasteiger partial charge in [-0.3, -0.25) is 4.79 Å². The molecule has 1 aromatic carbocycles. The summed E-state index contributed by atoms with van der Waals surface area (Å²) < 4.78 is 13.2. The van der Waals surface area contributed by atoms with E-state index in [2.05, 4.69) is 9.97 Å². The largest absolute Gasteiger partial charge is 0.340 e. The van der Waals surface area contributed by atoms with Crippen LogP contribution in [0.3, 0.4) is 0 Å². The number of halogens is 1. The average Bonchev–Trinajstić information content (AvgIpc) is 2.51. The van der Waals surface area contributed by atoms with Crippen LogP contribution in [0.15, 0.2) is 29.4 Å². The molecule has 1 amide bonds. The third-order valence-corrected chi connectivity index (χ3v) is 4.88. The summed E-state index contributed by atoms with van der Waals surface area (Å²) in [6.07, 6.45) is 0. The average molecular weight is 347 g/mol. The van der Waals surface area contributed by atoms with Crippen LogP contribution in [0.4, 0.5) is 4.39 Å². The molecule has 0 radical (unpaired) electrons. The molecule has 0 aliphatic rings. The van der Waals surface area contributed by atoms with Gasteiger partial charge in [0.25, 0.3) is 0 Å². The molecule has 24 heavy (non-hydrogen) atoms. The first kappa shape index (κ1) is 18.4. The summed E-state index contributed by atoms with van der Waals surface area (Å²) in [6, 6.07) is 6.29. The number of hydrogen-bond donors (Lipinski definition) is 0. The minimum absolute atomic E-state index is 0.0382. The Morgan fingerprint density at radius 1 is 1.25 bits per heavy atom. The fourth-order valence-corrected chi connectivity index (χ4v) is 3.28. The van der Waals surface area contributed by atoms with Crippen molar-refractivity contribution < 1.29 is 9.18 Å². The van der Waals surface area contributed by atoms with E-state index in [-0.39, 0.29) is 17.0 Å². The first-order valence-electron chi connectivity index (χ1n) is 7.76. The normalized spacial score (nSPS) is 12.1. The molecule has 0 saturated heterocycles. The summed E-state index contributed by atoms with van der Waals surface area (Å²) in [4.78, 5) is 23.0. The van der Waals surface area contributed by atoms with E-state index in [0.717, 1.165) is 22.5 Å². The topological polar surface area (TPSA) is 46.1 Å². The van der Waals surface area contributed by atoms with Crippen molar-refractivity contribution in [1.29, 1.82) is 0 Å². The Kier molecular flexibility index (Phi) is 5.94. The van der Waals surface area contributed by atoms with E-state index in [9.17, 15) is 9.18 Å². The van der Waals surface area contributed by atoms with Crippen molar-refractivity contribution in [3.05, 3.63) is 52.6 Å². The molecule has 2 aromatic rings. The second-order valence-corrected chi connectivity index (χ2v) is 7.19. The molecular formula is C18H22FN3OS. The van der Waals surface area contributed by atoms with Gasteiger partial charge in [0.1, 0.15) is 5.82 Å². The highest BCUT2D eigenvalue weighted by atomic mass is 32.2. The van der Waals surface area contributed by atoms with Gasteiger partial charge in [-0.2, -0.15) is 0 Å². The molecule has 0 aliphatic carbocycles. The van der Waals surface area contributed by atoms with Gasteiger partial charge in [-0.1, -0.05) is 23.9 Å². The van der Waals surface area contributed by atoms with Crippen molar-refractivity contribution in [3.63, 3.8) is 0 Å². The van der Waals surface area contributed by atoms with Crippen molar-refractivity contribution in [2.75, 3.05) is 7.05 Å². The molecular weight excluding hydrogens is 325 g/mol. The molecule has 0 fully saturated rings. The van der Waals surface area contributed by atoms with Gasteiger partial charge in [0.05, 0.1) is 5.25 Å². The van der Waals surface area contributed by atoms with E-state index in [4.69, 9.17) is 0 Å². The third kappa shape index (κ3) is 4.54. The summed E-state index contributed by atoms with van der Waals surface area (Å²) in [5.41, 5.74) is 3.69. The maximum atomic E-state index is 13.2. The Hall–Kier alpha value is -1.95. The minimum atomic E-state index is -0.315. The van der Waals surface area contributed by atoms with Crippen LogP contribution in [-0.4, -0.2) is 33.1 Å². The second kappa shape index (κ2) is 7.75. The van der Waals surface area contributed by atoms with Gasteiger partial charge in [-0.15, -0.1) is 0 Å². The number of nitrogens with zero attached hydrogens (tertiary/aromatic N) is 3. The quantitative estimate of drug-likeness (QED) is 0.611. The maximum Gasteiger partial charge on any atom is 0.235 e. The van der Waals surface area contributed by atoms with Crippen molar-refractivity contribution in [2.24, 2.45) is 0 Å². The fourth-order valence-electron chi connectivity index (χ4n) is 2.30. The van der Waals surface area contributed by atoms with E-state index in [1.54, 1.807) is 24.1 Å². The molecule has 6 heteroatoms. The van der Waals surface area contributed by atoms with E-state index < -0.39 is 0 Å². The highest BCUT2D eigenvalue weighted by molar-refractivity contribution is 8.00. The predicted molar refractivity (Wildman–Crippen MR) is 94.4 cm³/mol. The molecule has 4 nitrogen and oxygen atoms in total. The Labute approximate surface area is 146 Å². The Morgan fingerprint density at radius 3 is 2.46 bits per heavy atom. The summed E-state index contributed by atoms with van der Waals surface area (Å²) in [6.45, 7) is 8.07. The lowest BCUT2D eigenvalue weighted by molar-refractivity contribution is -0.129. The Balaban J connectivity index is 2.03. The first-order valence-corrected chi connectivity index (χ1v) is 8.64. The number of hydrogen-bond acceptors (Lipinski definition) is 4. The zero-order chi connectivity index (χ0) is 17.9. The number of benzene rings is 1. The number of carbonyl (C=O) groups excluding carboxylic acids is 1. The van der Waals surface area contributed by atoms with Crippen molar-refractivity contribution >= 4 is 17.7 Å². The lowest BCUT2D eigenvalue weighted by atomic mass is 10.2. The van der Waals surface area contributed by atoms with Gasteiger partial charge in [-0.25, -0.2) is 14.4 Å². The number of thioether (sulfide) groups is 1. The first-order chi connectivity index (χ1) is 11.3. The van der Waals surface area contributed by atoms with Crippen LogP contribution >= 0.6 is 11.8 Å². The molecule has 1 heterocycles.